The Hall–Kier alpha value is -1.16. The maximum absolute atomic E-state index is 13.2. The van der Waals surface area contributed by atoms with E-state index in [1.807, 2.05) is 0 Å². The van der Waals surface area contributed by atoms with Gasteiger partial charge in [0.1, 0.15) is 5.82 Å². The van der Waals surface area contributed by atoms with Crippen molar-refractivity contribution in [2.24, 2.45) is 0 Å². The molecular weight excluding hydrogens is 237 g/mol. The molecule has 13 heavy (non-hydrogen) atoms. The minimum atomic E-state index is -0.429. The summed E-state index contributed by atoms with van der Waals surface area (Å²) < 4.78 is 13.9. The molecule has 0 aliphatic rings. The van der Waals surface area contributed by atoms with Crippen LogP contribution in [0.2, 0.25) is 0 Å². The SMILES string of the molecule is O=c1ccc2cc(Br)cc(F)c2[nH]1. The molecule has 2 nitrogen and oxygen atoms in total. The van der Waals surface area contributed by atoms with Gasteiger partial charge in [0.05, 0.1) is 5.52 Å². The van der Waals surface area contributed by atoms with E-state index < -0.39 is 5.82 Å². The zero-order valence-corrected chi connectivity index (χ0v) is 8.06. The maximum atomic E-state index is 13.2. The van der Waals surface area contributed by atoms with Gasteiger partial charge >= 0.3 is 0 Å². The Morgan fingerprint density at radius 2 is 2.08 bits per heavy atom. The largest absolute Gasteiger partial charge is 0.319 e. The topological polar surface area (TPSA) is 32.9 Å². The Kier molecular flexibility index (Phi) is 1.92. The van der Waals surface area contributed by atoms with Crippen molar-refractivity contribution in [2.75, 3.05) is 0 Å². The third-order valence-electron chi connectivity index (χ3n) is 1.75. The number of pyridine rings is 1. The van der Waals surface area contributed by atoms with Crippen molar-refractivity contribution in [3.8, 4) is 0 Å². The number of nitrogens with one attached hydrogen (secondary N) is 1. The van der Waals surface area contributed by atoms with Crippen molar-refractivity contribution in [3.63, 3.8) is 0 Å². The summed E-state index contributed by atoms with van der Waals surface area (Å²) in [6.45, 7) is 0. The highest BCUT2D eigenvalue weighted by Crippen LogP contribution is 2.20. The van der Waals surface area contributed by atoms with Crippen molar-refractivity contribution in [2.45, 2.75) is 0 Å². The van der Waals surface area contributed by atoms with Crippen molar-refractivity contribution < 1.29 is 4.39 Å². The van der Waals surface area contributed by atoms with Crippen LogP contribution in [0, 0.1) is 5.82 Å². The third-order valence-corrected chi connectivity index (χ3v) is 2.21. The molecule has 0 aliphatic carbocycles. The van der Waals surface area contributed by atoms with E-state index in [9.17, 15) is 9.18 Å². The lowest BCUT2D eigenvalue weighted by Gasteiger charge is -1.99. The van der Waals surface area contributed by atoms with Crippen LogP contribution >= 0.6 is 15.9 Å². The molecule has 2 aromatic rings. The van der Waals surface area contributed by atoms with Gasteiger partial charge in [-0.1, -0.05) is 15.9 Å². The minimum absolute atomic E-state index is 0.246. The number of halogens is 2. The number of rotatable bonds is 0. The van der Waals surface area contributed by atoms with E-state index in [-0.39, 0.29) is 11.1 Å². The maximum Gasteiger partial charge on any atom is 0.248 e. The zero-order chi connectivity index (χ0) is 9.42. The highest BCUT2D eigenvalue weighted by Gasteiger charge is 2.02. The molecule has 0 atom stereocenters. The summed E-state index contributed by atoms with van der Waals surface area (Å²) in [6.07, 6.45) is 0. The summed E-state index contributed by atoms with van der Waals surface area (Å²) in [5.74, 6) is -0.429. The van der Waals surface area contributed by atoms with Crippen LogP contribution in [0.3, 0.4) is 0 Å². The summed E-state index contributed by atoms with van der Waals surface area (Å²) in [4.78, 5) is 13.3. The normalized spacial score (nSPS) is 10.6. The summed E-state index contributed by atoms with van der Waals surface area (Å²) in [7, 11) is 0. The molecule has 0 fully saturated rings. The average Bonchev–Trinajstić information content (AvgIpc) is 2.06. The molecule has 0 radical (unpaired) electrons. The van der Waals surface area contributed by atoms with Crippen LogP contribution in [0.5, 0.6) is 0 Å². The van der Waals surface area contributed by atoms with E-state index in [1.54, 1.807) is 12.1 Å². The van der Waals surface area contributed by atoms with Gasteiger partial charge in [0.15, 0.2) is 0 Å². The fraction of sp³-hybridized carbons (Fsp3) is 0. The monoisotopic (exact) mass is 241 g/mol. The highest BCUT2D eigenvalue weighted by atomic mass is 79.9. The van der Waals surface area contributed by atoms with Gasteiger partial charge in [-0.05, 0) is 18.2 Å². The predicted octanol–water partition coefficient (Wildman–Crippen LogP) is 2.43. The quantitative estimate of drug-likeness (QED) is 0.756. The Morgan fingerprint density at radius 1 is 1.31 bits per heavy atom. The molecule has 0 spiro atoms. The fourth-order valence-electron chi connectivity index (χ4n) is 1.19. The number of hydrogen-bond donors (Lipinski definition) is 1. The molecule has 2 rings (SSSR count). The van der Waals surface area contributed by atoms with Crippen LogP contribution in [0.4, 0.5) is 4.39 Å². The minimum Gasteiger partial charge on any atom is -0.319 e. The molecule has 1 N–H and O–H groups in total. The second-order valence-corrected chi connectivity index (χ2v) is 3.59. The molecule has 1 heterocycles. The third kappa shape index (κ3) is 1.49. The Labute approximate surface area is 81.5 Å². The van der Waals surface area contributed by atoms with E-state index in [4.69, 9.17) is 0 Å². The van der Waals surface area contributed by atoms with Gasteiger partial charge < -0.3 is 4.98 Å². The van der Waals surface area contributed by atoms with Crippen molar-refractivity contribution >= 4 is 26.8 Å². The Morgan fingerprint density at radius 3 is 2.85 bits per heavy atom. The lowest BCUT2D eigenvalue weighted by atomic mass is 10.2. The van der Waals surface area contributed by atoms with Crippen LogP contribution in [0.1, 0.15) is 0 Å². The van der Waals surface area contributed by atoms with Crippen molar-refractivity contribution in [1.29, 1.82) is 0 Å². The van der Waals surface area contributed by atoms with Crippen LogP contribution in [-0.4, -0.2) is 4.98 Å². The van der Waals surface area contributed by atoms with Gasteiger partial charge in [-0.15, -0.1) is 0 Å². The van der Waals surface area contributed by atoms with Gasteiger partial charge in [-0.3, -0.25) is 4.79 Å². The van der Waals surface area contributed by atoms with E-state index in [0.717, 1.165) is 0 Å². The number of hydrogen-bond acceptors (Lipinski definition) is 1. The van der Waals surface area contributed by atoms with Crippen molar-refractivity contribution in [3.05, 3.63) is 44.9 Å². The van der Waals surface area contributed by atoms with E-state index in [0.29, 0.717) is 9.86 Å². The fourth-order valence-corrected chi connectivity index (χ4v) is 1.63. The summed E-state index contributed by atoms with van der Waals surface area (Å²) in [6, 6.07) is 6.02. The molecule has 0 bridgehead atoms. The van der Waals surface area contributed by atoms with Crippen LogP contribution in [0.15, 0.2) is 33.5 Å². The van der Waals surface area contributed by atoms with Crippen LogP contribution in [-0.2, 0) is 0 Å². The van der Waals surface area contributed by atoms with Gasteiger partial charge in [0.2, 0.25) is 5.56 Å². The highest BCUT2D eigenvalue weighted by molar-refractivity contribution is 9.10. The molecule has 4 heteroatoms. The number of H-pyrrole nitrogens is 1. The smallest absolute Gasteiger partial charge is 0.248 e. The van der Waals surface area contributed by atoms with Gasteiger partial charge in [0.25, 0.3) is 0 Å². The lowest BCUT2D eigenvalue weighted by molar-refractivity contribution is 0.635. The molecule has 1 aromatic carbocycles. The number of fused-ring (bicyclic) bond motifs is 1. The Balaban J connectivity index is 2.95. The number of aromatic amines is 1. The molecule has 0 saturated heterocycles. The van der Waals surface area contributed by atoms with Crippen molar-refractivity contribution in [1.82, 2.24) is 4.98 Å². The molecule has 66 valence electrons. The second-order valence-electron chi connectivity index (χ2n) is 2.67. The van der Waals surface area contributed by atoms with E-state index in [1.165, 1.54) is 12.1 Å². The van der Waals surface area contributed by atoms with Gasteiger partial charge in [-0.2, -0.15) is 0 Å². The number of benzene rings is 1. The Bertz CT molecular complexity index is 520. The number of aromatic nitrogens is 1. The van der Waals surface area contributed by atoms with Gasteiger partial charge in [-0.25, -0.2) is 4.39 Å². The first kappa shape index (κ1) is 8.44. The zero-order valence-electron chi connectivity index (χ0n) is 6.47. The average molecular weight is 242 g/mol. The van der Waals surface area contributed by atoms with Crippen LogP contribution in [0.25, 0.3) is 10.9 Å². The molecule has 1 aromatic heterocycles. The first-order valence-corrected chi connectivity index (χ1v) is 4.44. The lowest BCUT2D eigenvalue weighted by Crippen LogP contribution is -2.03. The second kappa shape index (κ2) is 2.96. The standard InChI is InChI=1S/C9H5BrFNO/c10-6-3-5-1-2-8(13)12-9(5)7(11)4-6/h1-4H,(H,12,13). The molecular formula is C9H5BrFNO. The first-order chi connectivity index (χ1) is 6.16. The molecule has 0 saturated carbocycles. The predicted molar refractivity (Wildman–Crippen MR) is 52.2 cm³/mol. The molecule has 0 amide bonds. The summed E-state index contributed by atoms with van der Waals surface area (Å²) >= 11 is 3.17. The van der Waals surface area contributed by atoms with Gasteiger partial charge in [0, 0.05) is 15.9 Å². The molecule has 0 aliphatic heterocycles. The van der Waals surface area contributed by atoms with Crippen LogP contribution < -0.4 is 5.56 Å². The first-order valence-electron chi connectivity index (χ1n) is 3.65. The molecule has 0 unspecified atom stereocenters. The van der Waals surface area contributed by atoms with E-state index >= 15 is 0 Å². The summed E-state index contributed by atoms with van der Waals surface area (Å²) in [5.41, 5.74) is -0.0515. The summed E-state index contributed by atoms with van der Waals surface area (Å²) in [5, 5.41) is 0.673. The van der Waals surface area contributed by atoms with E-state index in [2.05, 4.69) is 20.9 Å².